The Balaban J connectivity index is 1.15. The van der Waals surface area contributed by atoms with Gasteiger partial charge >= 0.3 is 12.1 Å². The highest BCUT2D eigenvalue weighted by atomic mass is 16.6. The fourth-order valence-corrected chi connectivity index (χ4v) is 6.17. The number of carbonyl (C=O) groups excluding carboxylic acids is 2. The fourth-order valence-electron chi connectivity index (χ4n) is 6.17. The van der Waals surface area contributed by atoms with Gasteiger partial charge in [0.25, 0.3) is 0 Å². The van der Waals surface area contributed by atoms with E-state index >= 15 is 0 Å². The summed E-state index contributed by atoms with van der Waals surface area (Å²) in [4.78, 5) is 34.3. The number of hydrogen-bond donors (Lipinski definition) is 2. The Kier molecular flexibility index (Phi) is 4.80. The summed E-state index contributed by atoms with van der Waals surface area (Å²) in [5, 5.41) is 13.9. The summed E-state index contributed by atoms with van der Waals surface area (Å²) in [5.74, 6) is 1.12. The van der Waals surface area contributed by atoms with Gasteiger partial charge in [-0.05, 0) is 56.3 Å². The van der Waals surface area contributed by atoms with Gasteiger partial charge in [-0.2, -0.15) is 0 Å². The number of likely N-dealkylation sites (tertiary alicyclic amines) is 1. The minimum atomic E-state index is -0.522. The smallest absolute Gasteiger partial charge is 0.410 e. The maximum Gasteiger partial charge on any atom is 0.410 e. The lowest BCUT2D eigenvalue weighted by Crippen LogP contribution is -2.58. The van der Waals surface area contributed by atoms with Crippen LogP contribution in [0.1, 0.15) is 48.9 Å². The second kappa shape index (κ2) is 7.37. The largest absolute Gasteiger partial charge is 0.465 e. The summed E-state index contributed by atoms with van der Waals surface area (Å²) >= 11 is 0. The third kappa shape index (κ3) is 3.59. The Bertz CT molecular complexity index is 815. The molecule has 9 nitrogen and oxygen atoms in total. The van der Waals surface area contributed by atoms with Crippen molar-refractivity contribution in [2.24, 2.45) is 17.8 Å². The van der Waals surface area contributed by atoms with Crippen molar-refractivity contribution in [3.63, 3.8) is 0 Å². The molecule has 5 aliphatic rings. The molecule has 2 heterocycles. The number of rotatable bonds is 4. The second-order valence-corrected chi connectivity index (χ2v) is 9.41. The maximum absolute atomic E-state index is 12.8. The number of esters is 1. The molecule has 0 spiro atoms. The van der Waals surface area contributed by atoms with Crippen LogP contribution in [0.4, 0.5) is 10.7 Å². The molecule has 0 aromatic carbocycles. The normalized spacial score (nSPS) is 36.6. The van der Waals surface area contributed by atoms with Crippen LogP contribution in [0, 0.1) is 17.8 Å². The minimum Gasteiger partial charge on any atom is -0.465 e. The molecule has 4 saturated carbocycles. The van der Waals surface area contributed by atoms with Gasteiger partial charge in [0.2, 0.25) is 5.95 Å². The maximum atomic E-state index is 12.8. The summed E-state index contributed by atoms with van der Waals surface area (Å²) in [6.45, 7) is 1.14. The van der Waals surface area contributed by atoms with E-state index in [-0.39, 0.29) is 18.2 Å². The molecule has 2 unspecified atom stereocenters. The Morgan fingerprint density at radius 1 is 1.20 bits per heavy atom. The standard InChI is InChI=1S/C21H28N4O5/c1-29-18(26)15-9-22-19(23-10-15)24-16-2-3-25(11-16)20(27)30-17-13-4-12-5-14(17)8-21(28,6-12)7-13/h9-10,12-14,16-17,28H,2-8,11H2,1H3,(H,22,23,24)/t12?,13?,14?,16-,17-,21-/m1/s1. The predicted molar refractivity (Wildman–Crippen MR) is 106 cm³/mol. The molecule has 1 aromatic rings. The number of aromatic nitrogens is 2. The number of nitrogens with zero attached hydrogens (tertiary/aromatic N) is 3. The zero-order chi connectivity index (χ0) is 20.9. The highest BCUT2D eigenvalue weighted by Gasteiger charge is 2.56. The van der Waals surface area contributed by atoms with Gasteiger partial charge in [-0.1, -0.05) is 0 Å². The second-order valence-electron chi connectivity index (χ2n) is 9.41. The van der Waals surface area contributed by atoms with E-state index in [4.69, 9.17) is 4.74 Å². The van der Waals surface area contributed by atoms with Crippen LogP contribution in [0.15, 0.2) is 12.4 Å². The molecule has 6 rings (SSSR count). The van der Waals surface area contributed by atoms with E-state index in [1.807, 2.05) is 0 Å². The molecule has 2 N–H and O–H groups in total. The van der Waals surface area contributed by atoms with Gasteiger partial charge in [-0.25, -0.2) is 19.6 Å². The number of aliphatic hydroxyl groups is 1. The van der Waals surface area contributed by atoms with E-state index in [2.05, 4.69) is 20.0 Å². The molecule has 4 aliphatic carbocycles. The van der Waals surface area contributed by atoms with E-state index in [0.29, 0.717) is 42.4 Å². The summed E-state index contributed by atoms with van der Waals surface area (Å²) in [6.07, 6.45) is 7.88. The Labute approximate surface area is 175 Å². The van der Waals surface area contributed by atoms with E-state index in [1.54, 1.807) is 4.90 Å². The molecule has 1 amide bonds. The van der Waals surface area contributed by atoms with Crippen LogP contribution in [0.3, 0.4) is 0 Å². The lowest BCUT2D eigenvalue weighted by Gasteiger charge is -2.57. The number of amides is 1. The van der Waals surface area contributed by atoms with Crippen LogP contribution in [-0.4, -0.2) is 70.0 Å². The van der Waals surface area contributed by atoms with Crippen molar-refractivity contribution >= 4 is 18.0 Å². The lowest BCUT2D eigenvalue weighted by molar-refractivity contribution is -0.177. The highest BCUT2D eigenvalue weighted by molar-refractivity contribution is 5.88. The number of ether oxygens (including phenoxy) is 2. The average Bonchev–Trinajstić information content (AvgIpc) is 3.18. The molecule has 1 aromatic heterocycles. The van der Waals surface area contributed by atoms with Crippen LogP contribution in [0.2, 0.25) is 0 Å². The number of methoxy groups -OCH3 is 1. The SMILES string of the molecule is COC(=O)c1cnc(N[C@@H]2CCN(C(=O)O[C@H]3C4CC5CC3C[C@](O)(C5)C4)C2)nc1. The highest BCUT2D eigenvalue weighted by Crippen LogP contribution is 2.56. The first kappa shape index (κ1) is 19.5. The third-order valence-electron chi connectivity index (χ3n) is 7.24. The number of carbonyl (C=O) groups is 2. The molecule has 5 fully saturated rings. The Hall–Kier alpha value is -2.42. The molecule has 1 aliphatic heterocycles. The van der Waals surface area contributed by atoms with E-state index in [0.717, 1.165) is 38.5 Å². The molecule has 0 radical (unpaired) electrons. The van der Waals surface area contributed by atoms with Gasteiger partial charge in [-0.3, -0.25) is 0 Å². The van der Waals surface area contributed by atoms with Crippen LogP contribution >= 0.6 is 0 Å². The topological polar surface area (TPSA) is 114 Å². The first-order valence-corrected chi connectivity index (χ1v) is 10.8. The van der Waals surface area contributed by atoms with Crippen molar-refractivity contribution in [3.05, 3.63) is 18.0 Å². The summed E-state index contributed by atoms with van der Waals surface area (Å²) in [6, 6.07) is 0.0285. The van der Waals surface area contributed by atoms with Crippen molar-refractivity contribution in [2.75, 3.05) is 25.5 Å². The number of anilines is 1. The van der Waals surface area contributed by atoms with Gasteiger partial charge in [-0.15, -0.1) is 0 Å². The lowest BCUT2D eigenvalue weighted by atomic mass is 9.53. The first-order valence-electron chi connectivity index (χ1n) is 10.8. The molecule has 1 saturated heterocycles. The molecular formula is C21H28N4O5. The Morgan fingerprint density at radius 2 is 1.90 bits per heavy atom. The summed E-state index contributed by atoms with van der Waals surface area (Å²) in [5.41, 5.74) is -0.231. The molecule has 162 valence electrons. The van der Waals surface area contributed by atoms with Gasteiger partial charge in [0.1, 0.15) is 6.10 Å². The van der Waals surface area contributed by atoms with Crippen molar-refractivity contribution in [1.82, 2.24) is 14.9 Å². The quantitative estimate of drug-likeness (QED) is 0.715. The molecule has 4 bridgehead atoms. The van der Waals surface area contributed by atoms with Crippen LogP contribution < -0.4 is 5.32 Å². The Morgan fingerprint density at radius 3 is 2.53 bits per heavy atom. The van der Waals surface area contributed by atoms with Gasteiger partial charge in [0, 0.05) is 31.5 Å². The van der Waals surface area contributed by atoms with E-state index in [1.165, 1.54) is 19.5 Å². The van der Waals surface area contributed by atoms with E-state index in [9.17, 15) is 14.7 Å². The van der Waals surface area contributed by atoms with Crippen LogP contribution in [-0.2, 0) is 9.47 Å². The van der Waals surface area contributed by atoms with Crippen LogP contribution in [0.25, 0.3) is 0 Å². The minimum absolute atomic E-state index is 0.0285. The van der Waals surface area contributed by atoms with Crippen molar-refractivity contribution in [2.45, 2.75) is 56.3 Å². The van der Waals surface area contributed by atoms with Crippen molar-refractivity contribution < 1.29 is 24.2 Å². The van der Waals surface area contributed by atoms with Crippen LogP contribution in [0.5, 0.6) is 0 Å². The first-order chi connectivity index (χ1) is 14.4. The van der Waals surface area contributed by atoms with Gasteiger partial charge in [0.15, 0.2) is 0 Å². The monoisotopic (exact) mass is 416 g/mol. The molecule has 9 heteroatoms. The molecular weight excluding hydrogens is 388 g/mol. The number of nitrogens with one attached hydrogen (secondary N) is 1. The van der Waals surface area contributed by atoms with Crippen molar-refractivity contribution in [1.29, 1.82) is 0 Å². The number of hydrogen-bond acceptors (Lipinski definition) is 8. The molecule has 3 atom stereocenters. The third-order valence-corrected chi connectivity index (χ3v) is 7.24. The predicted octanol–water partition coefficient (Wildman–Crippen LogP) is 1.83. The summed E-state index contributed by atoms with van der Waals surface area (Å²) < 4.78 is 10.6. The average molecular weight is 416 g/mol. The van der Waals surface area contributed by atoms with Crippen molar-refractivity contribution in [3.8, 4) is 0 Å². The summed E-state index contributed by atoms with van der Waals surface area (Å²) in [7, 11) is 1.31. The zero-order valence-electron chi connectivity index (χ0n) is 17.1. The van der Waals surface area contributed by atoms with Gasteiger partial charge in [0.05, 0.1) is 18.3 Å². The fraction of sp³-hybridized carbons (Fsp3) is 0.714. The molecule has 30 heavy (non-hydrogen) atoms. The van der Waals surface area contributed by atoms with E-state index < -0.39 is 11.6 Å². The zero-order valence-corrected chi connectivity index (χ0v) is 17.1. The van der Waals surface area contributed by atoms with Gasteiger partial charge < -0.3 is 24.8 Å².